The monoisotopic (exact) mass is 288 g/mol. The molecule has 8 heteroatoms. The van der Waals surface area contributed by atoms with E-state index in [-0.39, 0.29) is 23.7 Å². The zero-order valence-electron chi connectivity index (χ0n) is 10.7. The summed E-state index contributed by atoms with van der Waals surface area (Å²) in [7, 11) is 0. The number of hydrogen-bond donors (Lipinski definition) is 1. The standard InChI is InChI=1S/C12H14F3N3O2/c1-11(2-3-11)7-5-8(12(13,14)15)18-9(16-7)4-6(17-18)10(19)20/h4,7-8,16H,2-3,5H2,1H3,(H,19,20)/p-1/t7-,8-/m0/s1. The van der Waals surface area contributed by atoms with Gasteiger partial charge in [-0.25, -0.2) is 4.68 Å². The Morgan fingerprint density at radius 3 is 2.70 bits per heavy atom. The second-order valence-electron chi connectivity index (χ2n) is 5.79. The van der Waals surface area contributed by atoms with E-state index in [1.807, 2.05) is 6.92 Å². The van der Waals surface area contributed by atoms with Gasteiger partial charge < -0.3 is 15.2 Å². The minimum absolute atomic E-state index is 0.0934. The minimum atomic E-state index is -4.46. The summed E-state index contributed by atoms with van der Waals surface area (Å²) >= 11 is 0. The summed E-state index contributed by atoms with van der Waals surface area (Å²) in [6, 6.07) is -1.02. The van der Waals surface area contributed by atoms with Crippen molar-refractivity contribution in [3.63, 3.8) is 0 Å². The van der Waals surface area contributed by atoms with Crippen LogP contribution in [0.25, 0.3) is 0 Å². The van der Waals surface area contributed by atoms with Crippen LogP contribution < -0.4 is 10.4 Å². The van der Waals surface area contributed by atoms with Gasteiger partial charge in [-0.05, 0) is 24.7 Å². The Balaban J connectivity index is 2.01. The largest absolute Gasteiger partial charge is 0.543 e. The van der Waals surface area contributed by atoms with Crippen molar-refractivity contribution in [2.45, 2.75) is 44.4 Å². The molecule has 110 valence electrons. The van der Waals surface area contributed by atoms with Gasteiger partial charge in [-0.1, -0.05) is 6.92 Å². The fraction of sp³-hybridized carbons (Fsp3) is 0.667. The molecule has 1 aromatic heterocycles. The molecule has 1 saturated carbocycles. The van der Waals surface area contributed by atoms with Crippen molar-refractivity contribution in [1.29, 1.82) is 0 Å². The lowest BCUT2D eigenvalue weighted by atomic mass is 9.90. The fourth-order valence-corrected chi connectivity index (χ4v) is 2.68. The van der Waals surface area contributed by atoms with Crippen molar-refractivity contribution in [2.75, 3.05) is 5.32 Å². The molecule has 0 aromatic carbocycles. The number of hydrogen-bond acceptors (Lipinski definition) is 4. The molecule has 1 N–H and O–H groups in total. The molecule has 0 amide bonds. The van der Waals surface area contributed by atoms with Crippen LogP contribution in [0.1, 0.15) is 42.7 Å². The predicted molar refractivity (Wildman–Crippen MR) is 61.0 cm³/mol. The first kappa shape index (κ1) is 13.3. The first-order chi connectivity index (χ1) is 9.21. The summed E-state index contributed by atoms with van der Waals surface area (Å²) < 4.78 is 40.2. The molecule has 2 atom stereocenters. The highest BCUT2D eigenvalue weighted by Crippen LogP contribution is 2.53. The highest BCUT2D eigenvalue weighted by molar-refractivity contribution is 5.84. The molecule has 3 rings (SSSR count). The number of carbonyl (C=O) groups is 1. The van der Waals surface area contributed by atoms with Gasteiger partial charge in [0.25, 0.3) is 0 Å². The molecule has 20 heavy (non-hydrogen) atoms. The Morgan fingerprint density at radius 2 is 2.20 bits per heavy atom. The topological polar surface area (TPSA) is 70.0 Å². The minimum Gasteiger partial charge on any atom is -0.543 e. The smallest absolute Gasteiger partial charge is 0.410 e. The maximum atomic E-state index is 13.2. The number of nitrogens with zero attached hydrogens (tertiary/aromatic N) is 2. The summed E-state index contributed by atoms with van der Waals surface area (Å²) in [6.07, 6.45) is -2.86. The molecule has 1 aliphatic carbocycles. The third-order valence-electron chi connectivity index (χ3n) is 4.28. The Kier molecular flexibility index (Phi) is 2.58. The van der Waals surface area contributed by atoms with Crippen LogP contribution in [0.3, 0.4) is 0 Å². The van der Waals surface area contributed by atoms with Crippen molar-refractivity contribution in [3.8, 4) is 0 Å². The number of rotatable bonds is 2. The Bertz CT molecular complexity index is 563. The normalized spacial score (nSPS) is 27.6. The molecule has 0 bridgehead atoms. The van der Waals surface area contributed by atoms with Crippen LogP contribution >= 0.6 is 0 Å². The quantitative estimate of drug-likeness (QED) is 0.891. The van der Waals surface area contributed by atoms with E-state index in [1.165, 1.54) is 0 Å². The summed E-state index contributed by atoms with van der Waals surface area (Å²) in [5.41, 5.74) is -0.635. The Labute approximate surface area is 112 Å². The van der Waals surface area contributed by atoms with Gasteiger partial charge in [0.2, 0.25) is 0 Å². The van der Waals surface area contributed by atoms with E-state index in [0.717, 1.165) is 18.9 Å². The fourth-order valence-electron chi connectivity index (χ4n) is 2.68. The highest BCUT2D eigenvalue weighted by Gasteiger charge is 2.53. The molecule has 1 aliphatic heterocycles. The van der Waals surface area contributed by atoms with E-state index < -0.39 is 23.9 Å². The van der Waals surface area contributed by atoms with Gasteiger partial charge in [-0.2, -0.15) is 18.3 Å². The number of carboxylic acids is 1. The van der Waals surface area contributed by atoms with Crippen molar-refractivity contribution in [2.24, 2.45) is 5.41 Å². The van der Waals surface area contributed by atoms with Crippen LogP contribution in [0.4, 0.5) is 19.0 Å². The summed E-state index contributed by atoms with van der Waals surface area (Å²) in [6.45, 7) is 1.93. The molecular weight excluding hydrogens is 275 g/mol. The van der Waals surface area contributed by atoms with Crippen LogP contribution in [-0.4, -0.2) is 28.0 Å². The highest BCUT2D eigenvalue weighted by atomic mass is 19.4. The van der Waals surface area contributed by atoms with Gasteiger partial charge in [0, 0.05) is 12.1 Å². The van der Waals surface area contributed by atoms with Crippen LogP contribution in [0.15, 0.2) is 6.07 Å². The van der Waals surface area contributed by atoms with Crippen LogP contribution in [0, 0.1) is 5.41 Å². The van der Waals surface area contributed by atoms with E-state index in [2.05, 4.69) is 10.4 Å². The van der Waals surface area contributed by atoms with Gasteiger partial charge in [0.1, 0.15) is 11.5 Å². The van der Waals surface area contributed by atoms with Gasteiger partial charge in [0.05, 0.1) is 5.97 Å². The lowest BCUT2D eigenvalue weighted by Gasteiger charge is -2.36. The molecular formula is C12H13F3N3O2-. The molecule has 2 heterocycles. The van der Waals surface area contributed by atoms with Gasteiger partial charge >= 0.3 is 6.18 Å². The van der Waals surface area contributed by atoms with Gasteiger partial charge in [0.15, 0.2) is 6.04 Å². The SMILES string of the molecule is CC1([C@@H]2C[C@@H](C(F)(F)F)n3nc(C(=O)[O-])cc3N2)CC1. The van der Waals surface area contributed by atoms with Crippen molar-refractivity contribution < 1.29 is 23.1 Å². The van der Waals surface area contributed by atoms with Crippen LogP contribution in [-0.2, 0) is 0 Å². The molecule has 1 aromatic rings. The average molecular weight is 288 g/mol. The number of anilines is 1. The van der Waals surface area contributed by atoms with E-state index >= 15 is 0 Å². The number of fused-ring (bicyclic) bond motifs is 1. The number of alkyl halides is 3. The lowest BCUT2D eigenvalue weighted by molar-refractivity contribution is -0.255. The number of carboxylic acid groups (broad SMARTS) is 1. The predicted octanol–water partition coefficient (Wildman–Crippen LogP) is 1.33. The van der Waals surface area contributed by atoms with Crippen LogP contribution in [0.5, 0.6) is 0 Å². The van der Waals surface area contributed by atoms with Gasteiger partial charge in [-0.3, -0.25) is 0 Å². The second kappa shape index (κ2) is 3.89. The lowest BCUT2D eigenvalue weighted by Crippen LogP contribution is -2.42. The molecule has 5 nitrogen and oxygen atoms in total. The van der Waals surface area contributed by atoms with E-state index in [9.17, 15) is 23.1 Å². The van der Waals surface area contributed by atoms with Crippen molar-refractivity contribution >= 4 is 11.8 Å². The van der Waals surface area contributed by atoms with E-state index in [4.69, 9.17) is 0 Å². The number of carbonyl (C=O) groups excluding carboxylic acids is 1. The Morgan fingerprint density at radius 1 is 1.55 bits per heavy atom. The van der Waals surface area contributed by atoms with Gasteiger partial charge in [-0.15, -0.1) is 0 Å². The number of aromatic carboxylic acids is 1. The zero-order chi connectivity index (χ0) is 14.7. The summed E-state index contributed by atoms with van der Waals surface area (Å²) in [4.78, 5) is 10.8. The van der Waals surface area contributed by atoms with Crippen molar-refractivity contribution in [3.05, 3.63) is 11.8 Å². The third kappa shape index (κ3) is 2.03. The first-order valence-corrected chi connectivity index (χ1v) is 6.35. The van der Waals surface area contributed by atoms with Crippen molar-refractivity contribution in [1.82, 2.24) is 9.78 Å². The van der Waals surface area contributed by atoms with E-state index in [1.54, 1.807) is 0 Å². The average Bonchev–Trinajstić information content (AvgIpc) is 2.93. The zero-order valence-corrected chi connectivity index (χ0v) is 10.7. The summed E-state index contributed by atoms with van der Waals surface area (Å²) in [5.74, 6) is -1.49. The number of nitrogens with one attached hydrogen (secondary N) is 1. The number of aromatic nitrogens is 2. The molecule has 0 saturated heterocycles. The maximum Gasteiger partial charge on any atom is 0.410 e. The first-order valence-electron chi connectivity index (χ1n) is 6.35. The maximum absolute atomic E-state index is 13.2. The molecule has 1 fully saturated rings. The second-order valence-corrected chi connectivity index (χ2v) is 5.79. The summed E-state index contributed by atoms with van der Waals surface area (Å²) in [5, 5.41) is 17.3. The number of halogens is 3. The molecule has 2 aliphatic rings. The third-order valence-corrected chi connectivity index (χ3v) is 4.28. The van der Waals surface area contributed by atoms with E-state index in [0.29, 0.717) is 4.68 Å². The van der Waals surface area contributed by atoms with Crippen LogP contribution in [0.2, 0.25) is 0 Å². The molecule has 0 spiro atoms. The Hall–Kier alpha value is -1.73. The molecule has 0 radical (unpaired) electrons. The molecule has 0 unspecified atom stereocenters.